The Hall–Kier alpha value is -4.92. The molecule has 34 heavy (non-hydrogen) atoms. The molecule has 1 atom stereocenters. The van der Waals surface area contributed by atoms with E-state index in [9.17, 15) is 4.79 Å². The molecule has 162 valence electrons. The van der Waals surface area contributed by atoms with Gasteiger partial charge >= 0.3 is 5.63 Å². The van der Waals surface area contributed by atoms with Crippen LogP contribution in [0.15, 0.2) is 88.7 Å². The lowest BCUT2D eigenvalue weighted by molar-refractivity contribution is 0.421. The highest BCUT2D eigenvalue weighted by Crippen LogP contribution is 2.48. The Morgan fingerprint density at radius 1 is 0.882 bits per heavy atom. The zero-order valence-electron chi connectivity index (χ0n) is 17.5. The van der Waals surface area contributed by atoms with Gasteiger partial charge in [-0.25, -0.2) is 19.3 Å². The van der Waals surface area contributed by atoms with Crippen LogP contribution in [0.2, 0.25) is 0 Å². The Morgan fingerprint density at radius 3 is 2.59 bits per heavy atom. The van der Waals surface area contributed by atoms with Crippen molar-refractivity contribution in [1.29, 1.82) is 0 Å². The fourth-order valence-electron chi connectivity index (χ4n) is 4.40. The van der Waals surface area contributed by atoms with E-state index in [0.717, 1.165) is 5.56 Å². The van der Waals surface area contributed by atoms with Crippen molar-refractivity contribution in [2.45, 2.75) is 5.92 Å². The Bertz CT molecular complexity index is 1760. The van der Waals surface area contributed by atoms with Crippen LogP contribution < -0.4 is 10.4 Å². The third kappa shape index (κ3) is 2.67. The minimum atomic E-state index is -0.605. The van der Waals surface area contributed by atoms with Crippen molar-refractivity contribution in [2.75, 3.05) is 0 Å². The van der Waals surface area contributed by atoms with E-state index >= 15 is 0 Å². The lowest BCUT2D eigenvalue weighted by Crippen LogP contribution is -2.23. The number of nitrogens with zero attached hydrogens (tertiary/aromatic N) is 6. The first kappa shape index (κ1) is 18.6. The van der Waals surface area contributed by atoms with Gasteiger partial charge in [0, 0.05) is 24.2 Å². The summed E-state index contributed by atoms with van der Waals surface area (Å²) < 4.78 is 13.5. The smallest absolute Gasteiger partial charge is 0.344 e. The number of aromatic nitrogens is 6. The molecule has 0 fully saturated rings. The first-order valence-electron chi connectivity index (χ1n) is 10.6. The number of rotatable bonds is 2. The number of benzene rings is 1. The maximum absolute atomic E-state index is 13.3. The summed E-state index contributed by atoms with van der Waals surface area (Å²) in [4.78, 5) is 31.2. The van der Waals surface area contributed by atoms with Gasteiger partial charge in [-0.2, -0.15) is 0 Å². The first-order chi connectivity index (χ1) is 16.8. The van der Waals surface area contributed by atoms with Crippen LogP contribution in [-0.2, 0) is 0 Å². The minimum Gasteiger partial charge on any atom is -0.437 e. The summed E-state index contributed by atoms with van der Waals surface area (Å²) in [5.41, 5.74) is 2.88. The van der Waals surface area contributed by atoms with E-state index in [0.29, 0.717) is 50.9 Å². The Morgan fingerprint density at radius 2 is 1.74 bits per heavy atom. The monoisotopic (exact) mass is 446 g/mol. The van der Waals surface area contributed by atoms with E-state index < -0.39 is 11.5 Å². The topological polar surface area (TPSA) is 108 Å². The van der Waals surface area contributed by atoms with Crippen molar-refractivity contribution in [3.05, 3.63) is 107 Å². The normalized spacial score (nSPS) is 14.5. The molecule has 0 saturated heterocycles. The number of para-hydroxylation sites is 1. The largest absolute Gasteiger partial charge is 0.437 e. The Balaban J connectivity index is 1.56. The standard InChI is InChI=1S/C25H14N6O3/c32-25-19-18(16-6-3-4-10-27-16)20-23-29-22(14-8-11-26-12-9-14)30-31(23)13-28-24(20)34-21(19)15-5-1-2-7-17(15)33-25/h1-13,18H. The van der Waals surface area contributed by atoms with Crippen LogP contribution in [0.5, 0.6) is 11.6 Å². The van der Waals surface area contributed by atoms with Crippen LogP contribution in [-0.4, -0.2) is 29.5 Å². The highest BCUT2D eigenvalue weighted by molar-refractivity contribution is 5.86. The van der Waals surface area contributed by atoms with Gasteiger partial charge in [0.2, 0.25) is 5.88 Å². The third-order valence-corrected chi connectivity index (χ3v) is 5.88. The summed E-state index contributed by atoms with van der Waals surface area (Å²) in [7, 11) is 0. The van der Waals surface area contributed by atoms with Gasteiger partial charge in [0.1, 0.15) is 11.9 Å². The summed E-state index contributed by atoms with van der Waals surface area (Å²) in [6.45, 7) is 0. The van der Waals surface area contributed by atoms with Gasteiger partial charge in [0.15, 0.2) is 17.2 Å². The molecule has 5 aromatic heterocycles. The lowest BCUT2D eigenvalue weighted by atomic mass is 9.87. The van der Waals surface area contributed by atoms with E-state index in [1.807, 2.05) is 48.5 Å². The van der Waals surface area contributed by atoms with Crippen molar-refractivity contribution in [3.8, 4) is 23.0 Å². The predicted molar refractivity (Wildman–Crippen MR) is 122 cm³/mol. The zero-order chi connectivity index (χ0) is 22.6. The molecule has 0 radical (unpaired) electrons. The van der Waals surface area contributed by atoms with Crippen LogP contribution in [0.25, 0.3) is 28.0 Å². The third-order valence-electron chi connectivity index (χ3n) is 5.88. The van der Waals surface area contributed by atoms with Gasteiger partial charge in [-0.05, 0) is 36.4 Å². The summed E-state index contributed by atoms with van der Waals surface area (Å²) in [5, 5.41) is 5.27. The van der Waals surface area contributed by atoms with Gasteiger partial charge < -0.3 is 9.15 Å². The number of hydrogen-bond acceptors (Lipinski definition) is 8. The quantitative estimate of drug-likeness (QED) is 0.367. The number of ether oxygens (including phenoxy) is 1. The molecular formula is C25H14N6O3. The lowest BCUT2D eigenvalue weighted by Gasteiger charge is -2.26. The van der Waals surface area contributed by atoms with Gasteiger partial charge in [0.05, 0.1) is 28.1 Å². The fraction of sp³-hybridized carbons (Fsp3) is 0.0400. The SMILES string of the molecule is O=c1oc2ccccc2c2c1C(c1ccccn1)c1c(ncn3nc(-c4ccncc4)nc13)O2. The average molecular weight is 446 g/mol. The van der Waals surface area contributed by atoms with Crippen molar-refractivity contribution in [3.63, 3.8) is 0 Å². The van der Waals surface area contributed by atoms with Crippen molar-refractivity contribution in [2.24, 2.45) is 0 Å². The minimum absolute atomic E-state index is 0.347. The molecule has 0 bridgehead atoms. The molecule has 1 aromatic carbocycles. The molecule has 9 nitrogen and oxygen atoms in total. The second-order valence-corrected chi connectivity index (χ2v) is 7.82. The van der Waals surface area contributed by atoms with Crippen LogP contribution in [0.3, 0.4) is 0 Å². The van der Waals surface area contributed by atoms with Gasteiger partial charge in [-0.15, -0.1) is 5.10 Å². The van der Waals surface area contributed by atoms with Crippen LogP contribution in [0.1, 0.15) is 22.7 Å². The Kier molecular flexibility index (Phi) is 3.86. The molecule has 0 spiro atoms. The summed E-state index contributed by atoms with van der Waals surface area (Å²) in [6, 6.07) is 16.5. The molecule has 1 aliphatic rings. The van der Waals surface area contributed by atoms with Crippen molar-refractivity contribution >= 4 is 16.6 Å². The predicted octanol–water partition coefficient (Wildman–Crippen LogP) is 3.97. The molecule has 1 unspecified atom stereocenters. The van der Waals surface area contributed by atoms with Crippen LogP contribution >= 0.6 is 0 Å². The maximum atomic E-state index is 13.3. The van der Waals surface area contributed by atoms with Crippen LogP contribution in [0, 0.1) is 0 Å². The second kappa shape index (κ2) is 7.04. The van der Waals surface area contributed by atoms with E-state index in [1.54, 1.807) is 35.5 Å². The number of fused-ring (bicyclic) bond motifs is 6. The van der Waals surface area contributed by atoms with E-state index in [-0.39, 0.29) is 0 Å². The van der Waals surface area contributed by atoms with Crippen LogP contribution in [0.4, 0.5) is 0 Å². The fourth-order valence-corrected chi connectivity index (χ4v) is 4.40. The molecule has 0 saturated carbocycles. The van der Waals surface area contributed by atoms with Gasteiger partial charge in [0.25, 0.3) is 0 Å². The van der Waals surface area contributed by atoms with E-state index in [4.69, 9.17) is 14.1 Å². The van der Waals surface area contributed by atoms with Crippen molar-refractivity contribution in [1.82, 2.24) is 29.5 Å². The highest BCUT2D eigenvalue weighted by Gasteiger charge is 2.38. The molecule has 9 heteroatoms. The zero-order valence-corrected chi connectivity index (χ0v) is 17.5. The first-order valence-corrected chi connectivity index (χ1v) is 10.6. The summed E-state index contributed by atoms with van der Waals surface area (Å²) in [6.07, 6.45) is 6.61. The molecule has 7 rings (SSSR count). The molecule has 0 aliphatic carbocycles. The van der Waals surface area contributed by atoms with E-state index in [1.165, 1.54) is 0 Å². The molecule has 1 aliphatic heterocycles. The molecule has 0 N–H and O–H groups in total. The summed E-state index contributed by atoms with van der Waals surface area (Å²) >= 11 is 0. The number of pyridine rings is 2. The second-order valence-electron chi connectivity index (χ2n) is 7.82. The average Bonchev–Trinajstić information content (AvgIpc) is 3.33. The van der Waals surface area contributed by atoms with Gasteiger partial charge in [-0.3, -0.25) is 9.97 Å². The molecule has 6 aromatic rings. The Labute approximate surface area is 191 Å². The maximum Gasteiger partial charge on any atom is 0.344 e. The highest BCUT2D eigenvalue weighted by atomic mass is 16.5. The van der Waals surface area contributed by atoms with E-state index in [2.05, 4.69) is 20.1 Å². The molecule has 6 heterocycles. The molecule has 0 amide bonds. The summed E-state index contributed by atoms with van der Waals surface area (Å²) in [5.74, 6) is 0.668. The number of hydrogen-bond donors (Lipinski definition) is 0. The van der Waals surface area contributed by atoms with Gasteiger partial charge in [-0.1, -0.05) is 18.2 Å². The molecular weight excluding hydrogens is 432 g/mol. The van der Waals surface area contributed by atoms with Crippen molar-refractivity contribution < 1.29 is 9.15 Å².